The second-order valence-corrected chi connectivity index (χ2v) is 4.60. The van der Waals surface area contributed by atoms with Crippen molar-refractivity contribution in [1.82, 2.24) is 5.32 Å². The predicted octanol–water partition coefficient (Wildman–Crippen LogP) is 2.12. The van der Waals surface area contributed by atoms with E-state index in [-0.39, 0.29) is 18.3 Å². The van der Waals surface area contributed by atoms with Gasteiger partial charge in [0.15, 0.2) is 0 Å². The van der Waals surface area contributed by atoms with Crippen LogP contribution in [0, 0.1) is 0 Å². The van der Waals surface area contributed by atoms with E-state index in [2.05, 4.69) is 5.32 Å². The van der Waals surface area contributed by atoms with Crippen LogP contribution in [-0.2, 0) is 0 Å². The molecule has 3 N–H and O–H groups in total. The third-order valence-corrected chi connectivity index (χ3v) is 3.13. The van der Waals surface area contributed by atoms with Crippen molar-refractivity contribution in [2.24, 2.45) is 5.73 Å². The Kier molecular flexibility index (Phi) is 6.67. The molecule has 0 unspecified atom stereocenters. The Morgan fingerprint density at radius 2 is 2.11 bits per heavy atom. The van der Waals surface area contributed by atoms with E-state index < -0.39 is 0 Å². The number of hydrogen-bond acceptors (Lipinski definition) is 3. The van der Waals surface area contributed by atoms with Crippen molar-refractivity contribution < 1.29 is 9.53 Å². The number of halogens is 1. The van der Waals surface area contributed by atoms with Crippen LogP contribution in [0.3, 0.4) is 0 Å². The van der Waals surface area contributed by atoms with Crippen molar-refractivity contribution in [3.63, 3.8) is 0 Å². The molecule has 1 fully saturated rings. The summed E-state index contributed by atoms with van der Waals surface area (Å²) in [6, 6.07) is 7.33. The molecule has 5 heteroatoms. The van der Waals surface area contributed by atoms with Gasteiger partial charge in [-0.2, -0.15) is 0 Å². The van der Waals surface area contributed by atoms with Gasteiger partial charge in [-0.3, -0.25) is 4.79 Å². The second kappa shape index (κ2) is 8.02. The molecule has 1 aliphatic carbocycles. The van der Waals surface area contributed by atoms with Gasteiger partial charge >= 0.3 is 0 Å². The summed E-state index contributed by atoms with van der Waals surface area (Å²) in [7, 11) is 0. The molecule has 2 rings (SSSR count). The fraction of sp³-hybridized carbons (Fsp3) is 0.500. The van der Waals surface area contributed by atoms with Crippen molar-refractivity contribution in [2.45, 2.75) is 31.8 Å². The molecular weight excluding hydrogens is 264 g/mol. The van der Waals surface area contributed by atoms with E-state index in [1.807, 2.05) is 12.1 Å². The standard InChI is InChI=1S/C14H20N2O2.ClH/c15-8-9-16-14(17)11-4-3-7-13(10-11)18-12-5-1-2-6-12;/h3-4,7,10,12H,1-2,5-6,8-9,15H2,(H,16,17);1H. The molecule has 0 saturated heterocycles. The van der Waals surface area contributed by atoms with E-state index in [0.29, 0.717) is 24.8 Å². The predicted molar refractivity (Wildman–Crippen MR) is 78.0 cm³/mol. The number of hydrogen-bond donors (Lipinski definition) is 2. The first-order valence-electron chi connectivity index (χ1n) is 6.54. The van der Waals surface area contributed by atoms with Gasteiger partial charge in [0.1, 0.15) is 5.75 Å². The van der Waals surface area contributed by atoms with Gasteiger partial charge in [-0.1, -0.05) is 6.07 Å². The summed E-state index contributed by atoms with van der Waals surface area (Å²) >= 11 is 0. The van der Waals surface area contributed by atoms with Gasteiger partial charge in [-0.25, -0.2) is 0 Å². The molecule has 1 amide bonds. The quantitative estimate of drug-likeness (QED) is 0.870. The van der Waals surface area contributed by atoms with Gasteiger partial charge in [0.2, 0.25) is 0 Å². The molecule has 106 valence electrons. The zero-order valence-electron chi connectivity index (χ0n) is 10.9. The maximum atomic E-state index is 11.8. The third kappa shape index (κ3) is 4.73. The molecule has 0 radical (unpaired) electrons. The minimum atomic E-state index is -0.0997. The van der Waals surface area contributed by atoms with Gasteiger partial charge in [0.25, 0.3) is 5.91 Å². The fourth-order valence-corrected chi connectivity index (χ4v) is 2.20. The minimum absolute atomic E-state index is 0. The molecule has 19 heavy (non-hydrogen) atoms. The largest absolute Gasteiger partial charge is 0.490 e. The van der Waals surface area contributed by atoms with Gasteiger partial charge in [0.05, 0.1) is 6.10 Å². The molecule has 1 saturated carbocycles. The Bertz CT molecular complexity index is 406. The monoisotopic (exact) mass is 284 g/mol. The number of ether oxygens (including phenoxy) is 1. The number of rotatable bonds is 5. The molecule has 1 aliphatic rings. The fourth-order valence-electron chi connectivity index (χ4n) is 2.20. The maximum Gasteiger partial charge on any atom is 0.251 e. The lowest BCUT2D eigenvalue weighted by molar-refractivity contribution is 0.0954. The molecule has 0 aliphatic heterocycles. The molecule has 1 aromatic rings. The zero-order chi connectivity index (χ0) is 12.8. The molecular formula is C14H21ClN2O2. The highest BCUT2D eigenvalue weighted by Crippen LogP contribution is 2.24. The molecule has 4 nitrogen and oxygen atoms in total. The van der Waals surface area contributed by atoms with Crippen molar-refractivity contribution in [3.8, 4) is 5.75 Å². The number of amides is 1. The molecule has 0 heterocycles. The molecule has 0 atom stereocenters. The van der Waals surface area contributed by atoms with Crippen molar-refractivity contribution in [1.29, 1.82) is 0 Å². The van der Waals surface area contributed by atoms with Crippen LogP contribution in [0.15, 0.2) is 24.3 Å². The lowest BCUT2D eigenvalue weighted by Gasteiger charge is -2.13. The molecule has 0 bridgehead atoms. The van der Waals surface area contributed by atoms with Gasteiger partial charge in [-0.15, -0.1) is 12.4 Å². The summed E-state index contributed by atoms with van der Waals surface area (Å²) in [5, 5.41) is 2.75. The van der Waals surface area contributed by atoms with E-state index in [9.17, 15) is 4.79 Å². The van der Waals surface area contributed by atoms with E-state index in [1.54, 1.807) is 12.1 Å². The van der Waals surface area contributed by atoms with Crippen molar-refractivity contribution in [2.75, 3.05) is 13.1 Å². The number of carbonyl (C=O) groups excluding carboxylic acids is 1. The Balaban J connectivity index is 0.00000180. The summed E-state index contributed by atoms with van der Waals surface area (Å²) in [4.78, 5) is 11.8. The van der Waals surface area contributed by atoms with E-state index in [1.165, 1.54) is 12.8 Å². The van der Waals surface area contributed by atoms with Crippen LogP contribution in [0.25, 0.3) is 0 Å². The smallest absolute Gasteiger partial charge is 0.251 e. The van der Waals surface area contributed by atoms with E-state index in [0.717, 1.165) is 18.6 Å². The second-order valence-electron chi connectivity index (χ2n) is 4.60. The highest BCUT2D eigenvalue weighted by molar-refractivity contribution is 5.94. The number of benzene rings is 1. The number of nitrogens with two attached hydrogens (primary N) is 1. The Hall–Kier alpha value is -1.26. The number of nitrogens with one attached hydrogen (secondary N) is 1. The van der Waals surface area contributed by atoms with Crippen LogP contribution in [0.2, 0.25) is 0 Å². The lowest BCUT2D eigenvalue weighted by Crippen LogP contribution is -2.29. The summed E-state index contributed by atoms with van der Waals surface area (Å²) in [5.74, 6) is 0.680. The highest BCUT2D eigenvalue weighted by atomic mass is 35.5. The van der Waals surface area contributed by atoms with Crippen molar-refractivity contribution in [3.05, 3.63) is 29.8 Å². The molecule has 0 aromatic heterocycles. The average Bonchev–Trinajstić information content (AvgIpc) is 2.89. The first kappa shape index (κ1) is 15.8. The Morgan fingerprint density at radius 1 is 1.37 bits per heavy atom. The van der Waals surface area contributed by atoms with E-state index in [4.69, 9.17) is 10.5 Å². The average molecular weight is 285 g/mol. The van der Waals surface area contributed by atoms with Crippen LogP contribution >= 0.6 is 12.4 Å². The van der Waals surface area contributed by atoms with Crippen molar-refractivity contribution >= 4 is 18.3 Å². The minimum Gasteiger partial charge on any atom is -0.490 e. The summed E-state index contributed by atoms with van der Waals surface area (Å²) in [6.45, 7) is 0.941. The summed E-state index contributed by atoms with van der Waals surface area (Å²) < 4.78 is 5.87. The van der Waals surface area contributed by atoms with Gasteiger partial charge in [-0.05, 0) is 43.9 Å². The summed E-state index contributed by atoms with van der Waals surface area (Å²) in [5.41, 5.74) is 5.98. The van der Waals surface area contributed by atoms with Gasteiger partial charge < -0.3 is 15.8 Å². The van der Waals surface area contributed by atoms with Crippen LogP contribution in [0.1, 0.15) is 36.0 Å². The van der Waals surface area contributed by atoms with Crippen LogP contribution in [-0.4, -0.2) is 25.1 Å². The topological polar surface area (TPSA) is 64.3 Å². The first-order valence-corrected chi connectivity index (χ1v) is 6.54. The highest BCUT2D eigenvalue weighted by Gasteiger charge is 2.16. The molecule has 1 aromatic carbocycles. The normalized spacial score (nSPS) is 14.8. The lowest BCUT2D eigenvalue weighted by atomic mass is 10.2. The first-order chi connectivity index (χ1) is 8.79. The Labute approximate surface area is 120 Å². The maximum absolute atomic E-state index is 11.8. The van der Waals surface area contributed by atoms with Crippen LogP contribution < -0.4 is 15.8 Å². The zero-order valence-corrected chi connectivity index (χ0v) is 11.7. The van der Waals surface area contributed by atoms with Crippen LogP contribution in [0.5, 0.6) is 5.75 Å². The number of carbonyl (C=O) groups is 1. The van der Waals surface area contributed by atoms with Crippen LogP contribution in [0.4, 0.5) is 0 Å². The summed E-state index contributed by atoms with van der Waals surface area (Å²) in [6.07, 6.45) is 5.02. The van der Waals surface area contributed by atoms with Gasteiger partial charge in [0, 0.05) is 18.7 Å². The Morgan fingerprint density at radius 3 is 2.79 bits per heavy atom. The molecule has 0 spiro atoms. The third-order valence-electron chi connectivity index (χ3n) is 3.13. The SMILES string of the molecule is Cl.NCCNC(=O)c1cccc(OC2CCCC2)c1. The van der Waals surface area contributed by atoms with E-state index >= 15 is 0 Å².